The number of allylic oxidation sites excluding steroid dienone is 8. The summed E-state index contributed by atoms with van der Waals surface area (Å²) in [4.78, 5) is 5.18. The third-order valence-electron chi connectivity index (χ3n) is 9.65. The third kappa shape index (κ3) is 6.28. The van der Waals surface area contributed by atoms with E-state index in [4.69, 9.17) is 21.9 Å². The maximum absolute atomic E-state index is 9.48. The first-order chi connectivity index (χ1) is 24.6. The molecule has 5 N–H and O–H groups in total. The molecule has 0 atom stereocenters. The fourth-order valence-electron chi connectivity index (χ4n) is 7.01. The van der Waals surface area contributed by atoms with E-state index in [1.54, 1.807) is 12.2 Å². The Morgan fingerprint density at radius 1 is 0.863 bits per heavy atom. The van der Waals surface area contributed by atoms with Crippen LogP contribution in [-0.4, -0.2) is 11.2 Å². The van der Waals surface area contributed by atoms with E-state index in [0.29, 0.717) is 23.3 Å². The predicted octanol–water partition coefficient (Wildman–Crippen LogP) is 9.73. The van der Waals surface area contributed by atoms with E-state index in [2.05, 4.69) is 99.3 Å². The molecule has 1 heterocycles. The molecule has 0 fully saturated rings. The number of nitriles is 2. The average Bonchev–Trinajstić information content (AvgIpc) is 3.38. The smallest absolute Gasteiger partial charge is 0.101 e. The molecule has 0 spiro atoms. The van der Waals surface area contributed by atoms with Crippen LogP contribution in [0.15, 0.2) is 144 Å². The highest BCUT2D eigenvalue weighted by Crippen LogP contribution is 2.52. The Hall–Kier alpha value is -6.76. The topological polar surface area (TPSA) is 136 Å². The molecule has 1 aromatic heterocycles. The molecule has 1 aliphatic carbocycles. The van der Waals surface area contributed by atoms with Crippen LogP contribution >= 0.6 is 0 Å². The second-order valence-electron chi connectivity index (χ2n) is 13.1. The summed E-state index contributed by atoms with van der Waals surface area (Å²) in [5, 5.41) is 30.5. The standard InChI is InChI=1S/C45H38N6/c1-28(20-30(24-46)25-47)41(50)17-10-8-13-33-32-12-5-6-15-35(32)44(43-19-11-18-42(51-43)29(2)21-31(26-48)27-49)38-22-37-34-14-7-9-16-39(34)45(3,4)40(37)23-36(33)38/h5-12,14-24,26,46H,1,13,48,50H2,2-4H3/b10-8-,29-21+,30-20+,31-26+,41-17-,46-24?. The van der Waals surface area contributed by atoms with E-state index in [1.807, 2.05) is 31.2 Å². The molecule has 5 aromatic rings. The van der Waals surface area contributed by atoms with E-state index < -0.39 is 0 Å². The van der Waals surface area contributed by atoms with E-state index in [1.165, 1.54) is 40.1 Å². The van der Waals surface area contributed by atoms with E-state index in [0.717, 1.165) is 50.3 Å². The van der Waals surface area contributed by atoms with Crippen molar-refractivity contribution in [3.05, 3.63) is 167 Å². The number of nitrogens with two attached hydrogens (primary N) is 2. The van der Waals surface area contributed by atoms with Crippen molar-refractivity contribution in [1.82, 2.24) is 4.98 Å². The van der Waals surface area contributed by atoms with Gasteiger partial charge in [0.1, 0.15) is 12.1 Å². The van der Waals surface area contributed by atoms with Crippen molar-refractivity contribution in [1.29, 1.82) is 15.9 Å². The van der Waals surface area contributed by atoms with Crippen LogP contribution in [-0.2, 0) is 11.8 Å². The first-order valence-electron chi connectivity index (χ1n) is 16.7. The molecule has 51 heavy (non-hydrogen) atoms. The molecule has 248 valence electrons. The van der Waals surface area contributed by atoms with E-state index in [-0.39, 0.29) is 11.0 Å². The molecule has 0 saturated heterocycles. The molecule has 0 aliphatic heterocycles. The highest BCUT2D eigenvalue weighted by Gasteiger charge is 2.36. The summed E-state index contributed by atoms with van der Waals surface area (Å²) >= 11 is 0. The second kappa shape index (κ2) is 14.0. The first kappa shape index (κ1) is 34.1. The van der Waals surface area contributed by atoms with Gasteiger partial charge in [-0.2, -0.15) is 10.5 Å². The molecule has 0 unspecified atom stereocenters. The Kier molecular flexibility index (Phi) is 9.36. The summed E-state index contributed by atoms with van der Waals surface area (Å²) in [6.07, 6.45) is 12.0. The number of rotatable bonds is 9. The molecule has 0 saturated carbocycles. The lowest BCUT2D eigenvalue weighted by molar-refractivity contribution is 0.661. The van der Waals surface area contributed by atoms with Crippen LogP contribution in [0.1, 0.15) is 43.2 Å². The van der Waals surface area contributed by atoms with Crippen molar-refractivity contribution in [2.45, 2.75) is 32.6 Å². The number of nitrogens with one attached hydrogen (secondary N) is 1. The van der Waals surface area contributed by atoms with E-state index in [9.17, 15) is 10.5 Å². The number of nitrogens with zero attached hydrogens (tertiary/aromatic N) is 3. The summed E-state index contributed by atoms with van der Waals surface area (Å²) in [6.45, 7) is 10.5. The van der Waals surface area contributed by atoms with Gasteiger partial charge in [-0.15, -0.1) is 0 Å². The molecular formula is C45H38N6. The van der Waals surface area contributed by atoms with Crippen LogP contribution in [0, 0.1) is 28.1 Å². The van der Waals surface area contributed by atoms with Crippen LogP contribution < -0.4 is 11.5 Å². The van der Waals surface area contributed by atoms with Gasteiger partial charge in [-0.05, 0) is 116 Å². The largest absolute Gasteiger partial charge is 0.404 e. The maximum atomic E-state index is 9.48. The number of hydrogen-bond acceptors (Lipinski definition) is 6. The Morgan fingerprint density at radius 3 is 2.31 bits per heavy atom. The van der Waals surface area contributed by atoms with E-state index >= 15 is 0 Å². The molecule has 0 bridgehead atoms. The average molecular weight is 663 g/mol. The number of hydrogen-bond donors (Lipinski definition) is 3. The third-order valence-corrected chi connectivity index (χ3v) is 9.65. The zero-order valence-corrected chi connectivity index (χ0v) is 29.0. The zero-order valence-electron chi connectivity index (χ0n) is 29.0. The van der Waals surface area contributed by atoms with Gasteiger partial charge < -0.3 is 16.9 Å². The first-order valence-corrected chi connectivity index (χ1v) is 16.7. The number of benzene rings is 4. The van der Waals surface area contributed by atoms with Crippen molar-refractivity contribution in [2.24, 2.45) is 11.5 Å². The second-order valence-corrected chi connectivity index (χ2v) is 13.1. The Bertz CT molecular complexity index is 2510. The summed E-state index contributed by atoms with van der Waals surface area (Å²) in [7, 11) is 0. The molecule has 6 rings (SSSR count). The summed E-state index contributed by atoms with van der Waals surface area (Å²) in [5.74, 6) is 0. The lowest BCUT2D eigenvalue weighted by Gasteiger charge is -2.23. The molecule has 0 radical (unpaired) electrons. The van der Waals surface area contributed by atoms with Crippen molar-refractivity contribution in [3.63, 3.8) is 0 Å². The quantitative estimate of drug-likeness (QED) is 0.0625. The molecule has 6 nitrogen and oxygen atoms in total. The van der Waals surface area contributed by atoms with Gasteiger partial charge in [0.15, 0.2) is 0 Å². The summed E-state index contributed by atoms with van der Waals surface area (Å²) < 4.78 is 0. The van der Waals surface area contributed by atoms with Gasteiger partial charge in [0.05, 0.1) is 22.5 Å². The highest BCUT2D eigenvalue weighted by atomic mass is 14.7. The number of pyridine rings is 1. The van der Waals surface area contributed by atoms with Crippen LogP contribution in [0.25, 0.3) is 49.5 Å². The van der Waals surface area contributed by atoms with Crippen LogP contribution in [0.3, 0.4) is 0 Å². The summed E-state index contributed by atoms with van der Waals surface area (Å²) in [6, 6.07) is 32.0. The molecular weight excluding hydrogens is 625 g/mol. The Balaban J connectivity index is 1.59. The minimum atomic E-state index is -0.183. The lowest BCUT2D eigenvalue weighted by atomic mass is 9.80. The van der Waals surface area contributed by atoms with Gasteiger partial charge >= 0.3 is 0 Å². The molecule has 6 heteroatoms. The number of aromatic nitrogens is 1. The maximum Gasteiger partial charge on any atom is 0.101 e. The minimum absolute atomic E-state index is 0.182. The fourth-order valence-corrected chi connectivity index (χ4v) is 7.01. The zero-order chi connectivity index (χ0) is 36.3. The van der Waals surface area contributed by atoms with Gasteiger partial charge in [-0.25, -0.2) is 4.98 Å². The Labute approximate surface area is 298 Å². The highest BCUT2D eigenvalue weighted by molar-refractivity contribution is 6.16. The van der Waals surface area contributed by atoms with Gasteiger partial charge in [0.25, 0.3) is 0 Å². The predicted molar refractivity (Wildman–Crippen MR) is 211 cm³/mol. The van der Waals surface area contributed by atoms with Gasteiger partial charge in [0.2, 0.25) is 0 Å². The monoisotopic (exact) mass is 662 g/mol. The molecule has 0 amide bonds. The van der Waals surface area contributed by atoms with Crippen LogP contribution in [0.4, 0.5) is 0 Å². The number of fused-ring (bicyclic) bond motifs is 5. The van der Waals surface area contributed by atoms with Gasteiger partial charge in [-0.3, -0.25) is 0 Å². The van der Waals surface area contributed by atoms with Gasteiger partial charge in [-0.1, -0.05) is 87.2 Å². The van der Waals surface area contributed by atoms with Crippen molar-refractivity contribution in [3.8, 4) is 34.5 Å². The SMILES string of the molecule is C=C(/C=C(/C#N)C=N)/C(N)=C/C=C\Cc1c2ccccc2c(-c2cccc(/C(C)=C/C(C#N)=C\N)n2)c2cc3c(cc12)C(C)(C)c1ccccc1-3. The minimum Gasteiger partial charge on any atom is -0.404 e. The van der Waals surface area contributed by atoms with Crippen LogP contribution in [0.2, 0.25) is 0 Å². The molecule has 4 aromatic carbocycles. The van der Waals surface area contributed by atoms with Crippen LogP contribution in [0.5, 0.6) is 0 Å². The fraction of sp³-hybridized carbons (Fsp3) is 0.111. The van der Waals surface area contributed by atoms with Crippen molar-refractivity contribution < 1.29 is 0 Å². The Morgan fingerprint density at radius 2 is 1.59 bits per heavy atom. The summed E-state index contributed by atoms with van der Waals surface area (Å²) in [5.41, 5.74) is 23.0. The van der Waals surface area contributed by atoms with Gasteiger partial charge in [0, 0.05) is 29.1 Å². The van der Waals surface area contributed by atoms with Crippen molar-refractivity contribution in [2.75, 3.05) is 0 Å². The molecule has 1 aliphatic rings. The normalized spacial score (nSPS) is 14.3. The van der Waals surface area contributed by atoms with Crippen molar-refractivity contribution >= 4 is 33.3 Å². The lowest BCUT2D eigenvalue weighted by Crippen LogP contribution is -2.15.